The summed E-state index contributed by atoms with van der Waals surface area (Å²) >= 11 is 0. The standard InChI is InChI=1S/C16H20N2O3S/c1-11-8-13-4-3-5-15(16(13)17-9-11)22(20,21)18-7-6-14(10-18)12(2)19/h3-5,8-9,12,14,19H,6-7,10H2,1-2H3. The summed E-state index contributed by atoms with van der Waals surface area (Å²) in [5, 5.41) is 10.5. The van der Waals surface area contributed by atoms with Crippen molar-refractivity contribution >= 4 is 20.9 Å². The van der Waals surface area contributed by atoms with Gasteiger partial charge in [-0.15, -0.1) is 0 Å². The van der Waals surface area contributed by atoms with Gasteiger partial charge in [-0.1, -0.05) is 12.1 Å². The van der Waals surface area contributed by atoms with E-state index in [4.69, 9.17) is 0 Å². The highest BCUT2D eigenvalue weighted by Gasteiger charge is 2.35. The maximum atomic E-state index is 12.9. The first-order chi connectivity index (χ1) is 10.4. The van der Waals surface area contributed by atoms with Gasteiger partial charge in [-0.3, -0.25) is 4.98 Å². The van der Waals surface area contributed by atoms with Gasteiger partial charge in [0.05, 0.1) is 11.6 Å². The van der Waals surface area contributed by atoms with Crippen LogP contribution in [0.15, 0.2) is 35.4 Å². The van der Waals surface area contributed by atoms with Crippen LogP contribution in [-0.4, -0.2) is 42.0 Å². The van der Waals surface area contributed by atoms with Crippen LogP contribution in [0.1, 0.15) is 18.9 Å². The molecule has 5 nitrogen and oxygen atoms in total. The van der Waals surface area contributed by atoms with Gasteiger partial charge >= 0.3 is 0 Å². The third-order valence-corrected chi connectivity index (χ3v) is 6.19. The van der Waals surface area contributed by atoms with Crippen molar-refractivity contribution in [3.05, 3.63) is 36.0 Å². The van der Waals surface area contributed by atoms with E-state index < -0.39 is 16.1 Å². The van der Waals surface area contributed by atoms with Crippen LogP contribution in [-0.2, 0) is 10.0 Å². The van der Waals surface area contributed by atoms with E-state index in [0.717, 1.165) is 10.9 Å². The lowest BCUT2D eigenvalue weighted by Crippen LogP contribution is -2.30. The van der Waals surface area contributed by atoms with Gasteiger partial charge in [-0.05, 0) is 43.9 Å². The Morgan fingerprint density at radius 2 is 2.18 bits per heavy atom. The molecule has 0 saturated carbocycles. The Labute approximate surface area is 130 Å². The first-order valence-electron chi connectivity index (χ1n) is 7.43. The predicted octanol–water partition coefficient (Wildman–Crippen LogP) is 1.93. The molecule has 0 bridgehead atoms. The van der Waals surface area contributed by atoms with Crippen LogP contribution in [0, 0.1) is 12.8 Å². The molecule has 0 spiro atoms. The van der Waals surface area contributed by atoms with E-state index in [9.17, 15) is 13.5 Å². The van der Waals surface area contributed by atoms with E-state index >= 15 is 0 Å². The average molecular weight is 320 g/mol. The van der Waals surface area contributed by atoms with Crippen LogP contribution in [0.25, 0.3) is 10.9 Å². The second-order valence-corrected chi connectivity index (χ2v) is 7.90. The summed E-state index contributed by atoms with van der Waals surface area (Å²) in [6.45, 7) is 4.45. The Balaban J connectivity index is 2.03. The number of aliphatic hydroxyl groups excluding tert-OH is 1. The number of rotatable bonds is 3. The maximum Gasteiger partial charge on any atom is 0.245 e. The van der Waals surface area contributed by atoms with E-state index in [2.05, 4.69) is 4.98 Å². The van der Waals surface area contributed by atoms with Crippen molar-refractivity contribution < 1.29 is 13.5 Å². The highest BCUT2D eigenvalue weighted by Crippen LogP contribution is 2.29. The molecule has 118 valence electrons. The molecule has 1 aromatic heterocycles. The molecular weight excluding hydrogens is 300 g/mol. The Bertz CT molecular complexity index is 802. The van der Waals surface area contributed by atoms with E-state index in [1.165, 1.54) is 4.31 Å². The molecule has 2 unspecified atom stereocenters. The van der Waals surface area contributed by atoms with E-state index in [1.54, 1.807) is 25.3 Å². The minimum Gasteiger partial charge on any atom is -0.393 e. The molecule has 0 radical (unpaired) electrons. The van der Waals surface area contributed by atoms with Gasteiger partial charge < -0.3 is 5.11 Å². The largest absolute Gasteiger partial charge is 0.393 e. The predicted molar refractivity (Wildman–Crippen MR) is 85.0 cm³/mol. The minimum absolute atomic E-state index is 0.0000416. The second kappa shape index (κ2) is 5.61. The van der Waals surface area contributed by atoms with Gasteiger partial charge in [-0.2, -0.15) is 4.31 Å². The smallest absolute Gasteiger partial charge is 0.245 e. The van der Waals surface area contributed by atoms with Gasteiger partial charge in [0, 0.05) is 24.7 Å². The first-order valence-corrected chi connectivity index (χ1v) is 8.87. The summed E-state index contributed by atoms with van der Waals surface area (Å²) in [4.78, 5) is 4.56. The van der Waals surface area contributed by atoms with Gasteiger partial charge in [0.2, 0.25) is 10.0 Å². The van der Waals surface area contributed by atoms with Crippen LogP contribution in [0.5, 0.6) is 0 Å². The van der Waals surface area contributed by atoms with Gasteiger partial charge in [0.15, 0.2) is 0 Å². The van der Waals surface area contributed by atoms with Crippen LogP contribution >= 0.6 is 0 Å². The summed E-state index contributed by atoms with van der Waals surface area (Å²) in [5.41, 5.74) is 1.51. The van der Waals surface area contributed by atoms with Crippen molar-refractivity contribution in [2.24, 2.45) is 5.92 Å². The van der Waals surface area contributed by atoms with Crippen LogP contribution in [0.3, 0.4) is 0 Å². The van der Waals surface area contributed by atoms with Crippen molar-refractivity contribution in [3.63, 3.8) is 0 Å². The number of benzene rings is 1. The lowest BCUT2D eigenvalue weighted by atomic mass is 10.0. The SMILES string of the molecule is Cc1cnc2c(S(=O)(=O)N3CCC(C(C)O)C3)cccc2c1. The number of aliphatic hydroxyl groups is 1. The molecule has 0 amide bonds. The molecule has 1 aromatic carbocycles. The molecule has 1 fully saturated rings. The normalized spacial score (nSPS) is 21.3. The molecular formula is C16H20N2O3S. The first kappa shape index (κ1) is 15.4. The summed E-state index contributed by atoms with van der Waals surface area (Å²) in [6, 6.07) is 7.16. The molecule has 1 saturated heterocycles. The lowest BCUT2D eigenvalue weighted by molar-refractivity contribution is 0.133. The zero-order valence-corrected chi connectivity index (χ0v) is 13.5. The Hall–Kier alpha value is -1.50. The number of pyridine rings is 1. The highest BCUT2D eigenvalue weighted by atomic mass is 32.2. The maximum absolute atomic E-state index is 12.9. The third kappa shape index (κ3) is 2.62. The number of aryl methyl sites for hydroxylation is 1. The number of fused-ring (bicyclic) bond motifs is 1. The van der Waals surface area contributed by atoms with Crippen LogP contribution < -0.4 is 0 Å². The van der Waals surface area contributed by atoms with Gasteiger partial charge in [0.1, 0.15) is 4.90 Å². The minimum atomic E-state index is -3.58. The number of sulfonamides is 1. The number of para-hydroxylation sites is 1. The van der Waals surface area contributed by atoms with Crippen molar-refractivity contribution in [3.8, 4) is 0 Å². The third-order valence-electron chi connectivity index (χ3n) is 4.30. The van der Waals surface area contributed by atoms with Gasteiger partial charge in [-0.25, -0.2) is 8.42 Å². The number of hydrogen-bond donors (Lipinski definition) is 1. The molecule has 1 aliphatic rings. The summed E-state index contributed by atoms with van der Waals surface area (Å²) in [7, 11) is -3.58. The molecule has 22 heavy (non-hydrogen) atoms. The van der Waals surface area contributed by atoms with E-state index in [1.807, 2.05) is 19.1 Å². The fourth-order valence-electron chi connectivity index (χ4n) is 2.96. The molecule has 2 heterocycles. The van der Waals surface area contributed by atoms with Crippen molar-refractivity contribution in [2.75, 3.05) is 13.1 Å². The van der Waals surface area contributed by atoms with E-state index in [-0.39, 0.29) is 10.8 Å². The summed E-state index contributed by atoms with van der Waals surface area (Å²) in [6.07, 6.45) is 1.88. The second-order valence-electron chi connectivity index (χ2n) is 5.99. The molecule has 6 heteroatoms. The monoisotopic (exact) mass is 320 g/mol. The molecule has 3 rings (SSSR count). The zero-order chi connectivity index (χ0) is 15.9. The van der Waals surface area contributed by atoms with Crippen LogP contribution in [0.4, 0.5) is 0 Å². The number of aromatic nitrogens is 1. The highest BCUT2D eigenvalue weighted by molar-refractivity contribution is 7.89. The molecule has 1 N–H and O–H groups in total. The Morgan fingerprint density at radius 3 is 2.86 bits per heavy atom. The Morgan fingerprint density at radius 1 is 1.41 bits per heavy atom. The van der Waals surface area contributed by atoms with Gasteiger partial charge in [0.25, 0.3) is 0 Å². The topological polar surface area (TPSA) is 70.5 Å². The average Bonchev–Trinajstić information content (AvgIpc) is 2.97. The fraction of sp³-hybridized carbons (Fsp3) is 0.438. The number of nitrogens with zero attached hydrogens (tertiary/aromatic N) is 2. The molecule has 2 aromatic rings. The fourth-order valence-corrected chi connectivity index (χ4v) is 4.63. The summed E-state index contributed by atoms with van der Waals surface area (Å²) < 4.78 is 27.3. The van der Waals surface area contributed by atoms with Crippen LogP contribution in [0.2, 0.25) is 0 Å². The van der Waals surface area contributed by atoms with E-state index in [0.29, 0.717) is 25.0 Å². The van der Waals surface area contributed by atoms with Crippen molar-refractivity contribution in [1.82, 2.24) is 9.29 Å². The van der Waals surface area contributed by atoms with Crippen molar-refractivity contribution in [2.45, 2.75) is 31.3 Å². The van der Waals surface area contributed by atoms with Crippen molar-refractivity contribution in [1.29, 1.82) is 0 Å². The lowest BCUT2D eigenvalue weighted by Gasteiger charge is -2.18. The molecule has 1 aliphatic heterocycles. The molecule has 0 aliphatic carbocycles. The zero-order valence-electron chi connectivity index (χ0n) is 12.7. The summed E-state index contributed by atoms with van der Waals surface area (Å²) in [5.74, 6) is -0.0000416. The quantitative estimate of drug-likeness (QED) is 0.938. The Kier molecular flexibility index (Phi) is 3.92. The molecule has 2 atom stereocenters. The number of hydrogen-bond acceptors (Lipinski definition) is 4.